The zero-order valence-electron chi connectivity index (χ0n) is 11.0. The minimum Gasteiger partial charge on any atom is -0.487 e. The molecule has 0 amide bonds. The lowest BCUT2D eigenvalue weighted by molar-refractivity contribution is 0.182. The van der Waals surface area contributed by atoms with E-state index >= 15 is 0 Å². The summed E-state index contributed by atoms with van der Waals surface area (Å²) in [5.74, 6) is 0.328. The van der Waals surface area contributed by atoms with Gasteiger partial charge in [0.15, 0.2) is 5.75 Å². The van der Waals surface area contributed by atoms with Crippen LogP contribution < -0.4 is 10.3 Å². The second-order valence-electron chi connectivity index (χ2n) is 4.71. The molecule has 2 rings (SSSR count). The van der Waals surface area contributed by atoms with E-state index in [4.69, 9.17) is 10.00 Å². The van der Waals surface area contributed by atoms with Crippen LogP contribution >= 0.6 is 0 Å². The minimum atomic E-state index is -0.234. The van der Waals surface area contributed by atoms with Crippen LogP contribution in [0.5, 0.6) is 5.75 Å². The molecule has 0 bridgehead atoms. The van der Waals surface area contributed by atoms with Crippen LogP contribution in [0.2, 0.25) is 0 Å². The zero-order chi connectivity index (χ0) is 13.5. The molecule has 0 atom stereocenters. The number of nitriles is 1. The predicted octanol–water partition coefficient (Wildman–Crippen LogP) is 1.24. The Balaban J connectivity index is 1.87. The fourth-order valence-corrected chi connectivity index (χ4v) is 2.29. The largest absolute Gasteiger partial charge is 0.487 e. The maximum Gasteiger partial charge on any atom is 0.293 e. The average Bonchev–Trinajstić information content (AvgIpc) is 2.44. The third kappa shape index (κ3) is 3.83. The molecular formula is C14H19N3O2. The number of piperidine rings is 1. The van der Waals surface area contributed by atoms with Crippen molar-refractivity contribution < 1.29 is 4.74 Å². The number of likely N-dealkylation sites (tertiary alicyclic amines) is 1. The first kappa shape index (κ1) is 13.6. The van der Waals surface area contributed by atoms with Gasteiger partial charge in [-0.3, -0.25) is 14.3 Å². The molecule has 0 aromatic carbocycles. The molecule has 0 unspecified atom stereocenters. The van der Waals surface area contributed by atoms with Gasteiger partial charge < -0.3 is 4.74 Å². The Hall–Kier alpha value is -1.80. The van der Waals surface area contributed by atoms with Gasteiger partial charge in [-0.05, 0) is 38.1 Å². The molecule has 5 heteroatoms. The Labute approximate surface area is 113 Å². The fraction of sp³-hybridized carbons (Fsp3) is 0.571. The molecule has 5 nitrogen and oxygen atoms in total. The molecule has 1 aliphatic heterocycles. The number of aromatic nitrogens is 1. The normalized spacial score (nSPS) is 15.9. The van der Waals surface area contributed by atoms with E-state index in [1.165, 1.54) is 23.8 Å². The highest BCUT2D eigenvalue weighted by Crippen LogP contribution is 2.08. The van der Waals surface area contributed by atoms with E-state index in [2.05, 4.69) is 4.90 Å². The molecule has 2 heterocycles. The summed E-state index contributed by atoms with van der Waals surface area (Å²) >= 11 is 0. The highest BCUT2D eigenvalue weighted by molar-refractivity contribution is 5.17. The monoisotopic (exact) mass is 261 g/mol. The van der Waals surface area contributed by atoms with Crippen molar-refractivity contribution in [2.45, 2.75) is 25.8 Å². The van der Waals surface area contributed by atoms with Crippen LogP contribution in [0.25, 0.3) is 0 Å². The van der Waals surface area contributed by atoms with E-state index in [9.17, 15) is 4.79 Å². The van der Waals surface area contributed by atoms with Gasteiger partial charge in [-0.15, -0.1) is 0 Å². The van der Waals surface area contributed by atoms with Gasteiger partial charge in [0, 0.05) is 12.7 Å². The third-order valence-corrected chi connectivity index (χ3v) is 3.34. The van der Waals surface area contributed by atoms with E-state index in [1.807, 2.05) is 6.07 Å². The van der Waals surface area contributed by atoms with E-state index in [1.54, 1.807) is 18.3 Å². The van der Waals surface area contributed by atoms with E-state index < -0.39 is 0 Å². The van der Waals surface area contributed by atoms with Gasteiger partial charge in [0.25, 0.3) is 5.56 Å². The van der Waals surface area contributed by atoms with Crippen LogP contribution in [0.15, 0.2) is 23.1 Å². The van der Waals surface area contributed by atoms with Crippen molar-refractivity contribution in [2.75, 3.05) is 26.2 Å². The van der Waals surface area contributed by atoms with Crippen molar-refractivity contribution in [1.29, 1.82) is 5.26 Å². The average molecular weight is 261 g/mol. The van der Waals surface area contributed by atoms with Gasteiger partial charge in [-0.2, -0.15) is 5.26 Å². The summed E-state index contributed by atoms with van der Waals surface area (Å²) < 4.78 is 6.90. The minimum absolute atomic E-state index is 0.0577. The SMILES string of the molecule is N#CCn1cccc(OCCN2CCCCC2)c1=O. The molecule has 1 aliphatic rings. The lowest BCUT2D eigenvalue weighted by Crippen LogP contribution is -2.33. The van der Waals surface area contributed by atoms with Crippen LogP contribution in [0.1, 0.15) is 19.3 Å². The van der Waals surface area contributed by atoms with Gasteiger partial charge in [-0.25, -0.2) is 0 Å². The Kier molecular flexibility index (Phi) is 4.99. The van der Waals surface area contributed by atoms with Crippen molar-refractivity contribution in [3.05, 3.63) is 28.7 Å². The van der Waals surface area contributed by atoms with Gasteiger partial charge in [0.05, 0.1) is 6.07 Å². The summed E-state index contributed by atoms with van der Waals surface area (Å²) in [7, 11) is 0. The van der Waals surface area contributed by atoms with Crippen LogP contribution in [0, 0.1) is 11.3 Å². The number of rotatable bonds is 5. The lowest BCUT2D eigenvalue weighted by Gasteiger charge is -2.26. The molecule has 1 aromatic heterocycles. The second kappa shape index (κ2) is 6.95. The Bertz CT molecular complexity index is 498. The number of pyridine rings is 1. The van der Waals surface area contributed by atoms with Crippen molar-refractivity contribution in [2.24, 2.45) is 0 Å². The summed E-state index contributed by atoms with van der Waals surface area (Å²) in [5.41, 5.74) is -0.234. The molecule has 0 spiro atoms. The van der Waals surface area contributed by atoms with Crippen LogP contribution in [-0.2, 0) is 6.54 Å². The van der Waals surface area contributed by atoms with Crippen molar-refractivity contribution >= 4 is 0 Å². The maximum absolute atomic E-state index is 11.9. The molecule has 0 saturated carbocycles. The summed E-state index contributed by atoms with van der Waals surface area (Å²) in [5, 5.41) is 8.62. The molecule has 1 saturated heterocycles. The van der Waals surface area contributed by atoms with Gasteiger partial charge in [-0.1, -0.05) is 6.42 Å². The summed E-state index contributed by atoms with van der Waals surface area (Å²) in [6.45, 7) is 3.67. The topological polar surface area (TPSA) is 58.3 Å². The maximum atomic E-state index is 11.9. The summed E-state index contributed by atoms with van der Waals surface area (Å²) in [4.78, 5) is 14.3. The van der Waals surface area contributed by atoms with Crippen molar-refractivity contribution in [1.82, 2.24) is 9.47 Å². The third-order valence-electron chi connectivity index (χ3n) is 3.34. The first-order valence-corrected chi connectivity index (χ1v) is 6.73. The number of nitrogens with zero attached hydrogens (tertiary/aromatic N) is 3. The Morgan fingerprint density at radius 3 is 2.84 bits per heavy atom. The Morgan fingerprint density at radius 1 is 1.32 bits per heavy atom. The standard InChI is InChI=1S/C14H19N3O2/c15-6-10-17-9-4-5-13(14(17)18)19-12-11-16-7-2-1-3-8-16/h4-5,9H,1-3,7-8,10-12H2. The van der Waals surface area contributed by atoms with Gasteiger partial charge >= 0.3 is 0 Å². The van der Waals surface area contributed by atoms with Crippen LogP contribution in [-0.4, -0.2) is 35.7 Å². The molecule has 0 N–H and O–H groups in total. The second-order valence-corrected chi connectivity index (χ2v) is 4.71. The lowest BCUT2D eigenvalue weighted by atomic mass is 10.1. The van der Waals surface area contributed by atoms with E-state index in [0.717, 1.165) is 19.6 Å². The van der Waals surface area contributed by atoms with E-state index in [0.29, 0.717) is 12.4 Å². The highest BCUT2D eigenvalue weighted by atomic mass is 16.5. The molecule has 0 radical (unpaired) electrons. The van der Waals surface area contributed by atoms with Gasteiger partial charge in [0.2, 0.25) is 0 Å². The molecule has 0 aliphatic carbocycles. The number of hydrogen-bond acceptors (Lipinski definition) is 4. The quantitative estimate of drug-likeness (QED) is 0.800. The summed E-state index contributed by atoms with van der Waals surface area (Å²) in [6.07, 6.45) is 5.42. The van der Waals surface area contributed by atoms with Crippen LogP contribution in [0.4, 0.5) is 0 Å². The smallest absolute Gasteiger partial charge is 0.293 e. The van der Waals surface area contributed by atoms with Gasteiger partial charge in [0.1, 0.15) is 13.2 Å². The van der Waals surface area contributed by atoms with Crippen LogP contribution in [0.3, 0.4) is 0 Å². The number of hydrogen-bond donors (Lipinski definition) is 0. The fourth-order valence-electron chi connectivity index (χ4n) is 2.29. The predicted molar refractivity (Wildman–Crippen MR) is 72.1 cm³/mol. The number of ether oxygens (including phenoxy) is 1. The first-order chi connectivity index (χ1) is 9.31. The Morgan fingerprint density at radius 2 is 2.11 bits per heavy atom. The molecule has 19 heavy (non-hydrogen) atoms. The summed E-state index contributed by atoms with van der Waals surface area (Å²) in [6, 6.07) is 5.35. The first-order valence-electron chi connectivity index (χ1n) is 6.73. The van der Waals surface area contributed by atoms with Crippen molar-refractivity contribution in [3.8, 4) is 11.8 Å². The molecular weight excluding hydrogens is 242 g/mol. The zero-order valence-corrected chi connectivity index (χ0v) is 11.0. The molecule has 1 aromatic rings. The van der Waals surface area contributed by atoms with E-state index in [-0.39, 0.29) is 12.1 Å². The molecule has 102 valence electrons. The van der Waals surface area contributed by atoms with Crippen molar-refractivity contribution in [3.63, 3.8) is 0 Å². The highest BCUT2D eigenvalue weighted by Gasteiger charge is 2.10. The molecule has 1 fully saturated rings.